The zero-order chi connectivity index (χ0) is 16.9. The van der Waals surface area contributed by atoms with Gasteiger partial charge in [0.05, 0.1) is 0 Å². The van der Waals surface area contributed by atoms with Crippen LogP contribution in [0.3, 0.4) is 0 Å². The third kappa shape index (κ3) is 3.11. The average molecular weight is 314 g/mol. The van der Waals surface area contributed by atoms with Gasteiger partial charge in [-0.2, -0.15) is 5.26 Å². The van der Waals surface area contributed by atoms with Crippen molar-refractivity contribution in [2.75, 3.05) is 5.32 Å². The number of hydrogen-bond acceptors (Lipinski definition) is 3. The predicted octanol–water partition coefficient (Wildman–Crippen LogP) is 4.09. The van der Waals surface area contributed by atoms with E-state index >= 15 is 0 Å². The van der Waals surface area contributed by atoms with Gasteiger partial charge < -0.3 is 10.4 Å². The maximum atomic E-state index is 12.4. The summed E-state index contributed by atoms with van der Waals surface area (Å²) < 4.78 is 0. The van der Waals surface area contributed by atoms with Crippen LogP contribution in [0.5, 0.6) is 5.75 Å². The minimum atomic E-state index is -0.517. The zero-order valence-corrected chi connectivity index (χ0v) is 12.7. The first kappa shape index (κ1) is 15.3. The second kappa shape index (κ2) is 6.67. The lowest BCUT2D eigenvalue weighted by atomic mass is 10.1. The van der Waals surface area contributed by atoms with Crippen molar-refractivity contribution in [2.45, 2.75) is 0 Å². The third-order valence-corrected chi connectivity index (χ3v) is 3.64. The molecule has 0 aliphatic heterocycles. The number of carbonyl (C=O) groups excluding carboxylic acids is 1. The van der Waals surface area contributed by atoms with Crippen molar-refractivity contribution >= 4 is 28.4 Å². The van der Waals surface area contributed by atoms with E-state index in [1.807, 2.05) is 42.5 Å². The maximum Gasteiger partial charge on any atom is 0.266 e. The number of carbonyl (C=O) groups is 1. The summed E-state index contributed by atoms with van der Waals surface area (Å²) in [5.74, 6) is -0.500. The fourth-order valence-corrected chi connectivity index (χ4v) is 2.44. The van der Waals surface area contributed by atoms with Gasteiger partial charge in [0.1, 0.15) is 17.4 Å². The van der Waals surface area contributed by atoms with Crippen molar-refractivity contribution in [1.82, 2.24) is 0 Å². The molecule has 0 saturated heterocycles. The Morgan fingerprint density at radius 1 is 1.00 bits per heavy atom. The van der Waals surface area contributed by atoms with E-state index in [-0.39, 0.29) is 11.3 Å². The fourth-order valence-electron chi connectivity index (χ4n) is 2.44. The highest BCUT2D eigenvalue weighted by Crippen LogP contribution is 2.24. The Kier molecular flexibility index (Phi) is 4.26. The number of phenolic OH excluding ortho intramolecular Hbond substituents is 1. The molecule has 1 amide bonds. The van der Waals surface area contributed by atoms with Crippen molar-refractivity contribution in [2.24, 2.45) is 0 Å². The van der Waals surface area contributed by atoms with Crippen LogP contribution in [0.25, 0.3) is 16.8 Å². The van der Waals surface area contributed by atoms with E-state index in [1.165, 1.54) is 12.1 Å². The largest absolute Gasteiger partial charge is 0.507 e. The molecule has 0 aliphatic carbocycles. The summed E-state index contributed by atoms with van der Waals surface area (Å²) in [5, 5.41) is 23.7. The van der Waals surface area contributed by atoms with Crippen LogP contribution in [0.2, 0.25) is 0 Å². The number of amides is 1. The Morgan fingerprint density at radius 2 is 1.71 bits per heavy atom. The van der Waals surface area contributed by atoms with Gasteiger partial charge in [0.25, 0.3) is 5.91 Å². The minimum absolute atomic E-state index is 0.0169. The second-order valence-electron chi connectivity index (χ2n) is 5.21. The van der Waals surface area contributed by atoms with Crippen LogP contribution < -0.4 is 5.32 Å². The molecule has 2 N–H and O–H groups in total. The standard InChI is InChI=1S/C20H14N2O2/c21-13-16(12-15-7-2-4-11-19(15)23)20(24)22-18-10-5-8-14-6-1-3-9-17(14)18/h1-12,23H,(H,22,24)/b16-12+. The van der Waals surface area contributed by atoms with E-state index < -0.39 is 5.91 Å². The van der Waals surface area contributed by atoms with Crippen molar-refractivity contribution in [3.63, 3.8) is 0 Å². The Balaban J connectivity index is 1.93. The third-order valence-electron chi connectivity index (χ3n) is 3.64. The highest BCUT2D eigenvalue weighted by atomic mass is 16.3. The predicted molar refractivity (Wildman–Crippen MR) is 94.3 cm³/mol. The summed E-state index contributed by atoms with van der Waals surface area (Å²) in [6, 6.07) is 21.7. The lowest BCUT2D eigenvalue weighted by Crippen LogP contribution is -2.13. The van der Waals surface area contributed by atoms with Crippen LogP contribution in [0.15, 0.2) is 72.3 Å². The maximum absolute atomic E-state index is 12.4. The number of para-hydroxylation sites is 1. The molecule has 0 heterocycles. The van der Waals surface area contributed by atoms with Crippen LogP contribution in [-0.2, 0) is 4.79 Å². The molecule has 24 heavy (non-hydrogen) atoms. The lowest BCUT2D eigenvalue weighted by molar-refractivity contribution is -0.112. The molecule has 3 aromatic rings. The molecule has 0 saturated carbocycles. The molecule has 116 valence electrons. The average Bonchev–Trinajstić information content (AvgIpc) is 2.61. The highest BCUT2D eigenvalue weighted by Gasteiger charge is 2.12. The van der Waals surface area contributed by atoms with Crippen LogP contribution in [0.4, 0.5) is 5.69 Å². The molecule has 0 aliphatic rings. The van der Waals surface area contributed by atoms with E-state index in [0.29, 0.717) is 11.3 Å². The summed E-state index contributed by atoms with van der Waals surface area (Å²) in [5.41, 5.74) is 0.975. The quantitative estimate of drug-likeness (QED) is 0.565. The van der Waals surface area contributed by atoms with Gasteiger partial charge >= 0.3 is 0 Å². The number of phenols is 1. The first-order chi connectivity index (χ1) is 11.7. The van der Waals surface area contributed by atoms with Crippen LogP contribution >= 0.6 is 0 Å². The van der Waals surface area contributed by atoms with E-state index in [4.69, 9.17) is 0 Å². The first-order valence-electron chi connectivity index (χ1n) is 7.38. The van der Waals surface area contributed by atoms with E-state index in [0.717, 1.165) is 10.8 Å². The van der Waals surface area contributed by atoms with Gasteiger partial charge in [-0.15, -0.1) is 0 Å². The number of nitriles is 1. The molecule has 3 aromatic carbocycles. The molecule has 0 atom stereocenters. The van der Waals surface area contributed by atoms with Crippen molar-refractivity contribution in [3.8, 4) is 11.8 Å². The number of nitrogens with one attached hydrogen (secondary N) is 1. The second-order valence-corrected chi connectivity index (χ2v) is 5.21. The van der Waals surface area contributed by atoms with Crippen molar-refractivity contribution < 1.29 is 9.90 Å². The highest BCUT2D eigenvalue weighted by molar-refractivity contribution is 6.13. The molecule has 0 aromatic heterocycles. The van der Waals surface area contributed by atoms with Gasteiger partial charge in [-0.25, -0.2) is 0 Å². The van der Waals surface area contributed by atoms with Crippen LogP contribution in [0.1, 0.15) is 5.56 Å². The van der Waals surface area contributed by atoms with Gasteiger partial charge in [-0.1, -0.05) is 54.6 Å². The Hall–Kier alpha value is -3.58. The molecule has 0 fully saturated rings. The topological polar surface area (TPSA) is 73.1 Å². The smallest absolute Gasteiger partial charge is 0.266 e. The van der Waals surface area contributed by atoms with Crippen molar-refractivity contribution in [3.05, 3.63) is 77.9 Å². The summed E-state index contributed by atoms with van der Waals surface area (Å²) in [6.07, 6.45) is 1.37. The molecule has 4 heteroatoms. The van der Waals surface area contributed by atoms with Gasteiger partial charge in [0.2, 0.25) is 0 Å². The zero-order valence-electron chi connectivity index (χ0n) is 12.7. The van der Waals surface area contributed by atoms with Gasteiger partial charge in [0.15, 0.2) is 0 Å². The lowest BCUT2D eigenvalue weighted by Gasteiger charge is -2.08. The van der Waals surface area contributed by atoms with E-state index in [1.54, 1.807) is 24.3 Å². The molecular formula is C20H14N2O2. The number of fused-ring (bicyclic) bond motifs is 1. The number of anilines is 1. The summed E-state index contributed by atoms with van der Waals surface area (Å²) in [6.45, 7) is 0. The Labute approximate surface area is 139 Å². The van der Waals surface area contributed by atoms with Crippen molar-refractivity contribution in [1.29, 1.82) is 5.26 Å². The van der Waals surface area contributed by atoms with E-state index in [2.05, 4.69) is 5.32 Å². The molecule has 4 nitrogen and oxygen atoms in total. The number of benzene rings is 3. The van der Waals surface area contributed by atoms with E-state index in [9.17, 15) is 15.2 Å². The van der Waals surface area contributed by atoms with Crippen LogP contribution in [-0.4, -0.2) is 11.0 Å². The summed E-state index contributed by atoms with van der Waals surface area (Å²) in [4.78, 5) is 12.4. The van der Waals surface area contributed by atoms with Gasteiger partial charge in [0, 0.05) is 16.6 Å². The molecule has 0 unspecified atom stereocenters. The molecule has 0 spiro atoms. The number of aromatic hydroxyl groups is 1. The van der Waals surface area contributed by atoms with Gasteiger partial charge in [-0.3, -0.25) is 4.79 Å². The summed E-state index contributed by atoms with van der Waals surface area (Å²) >= 11 is 0. The summed E-state index contributed by atoms with van der Waals surface area (Å²) in [7, 11) is 0. The molecule has 0 bridgehead atoms. The normalized spacial score (nSPS) is 11.0. The molecular weight excluding hydrogens is 300 g/mol. The monoisotopic (exact) mass is 314 g/mol. The minimum Gasteiger partial charge on any atom is -0.507 e. The fraction of sp³-hybridized carbons (Fsp3) is 0. The molecule has 3 rings (SSSR count). The number of nitrogens with zero attached hydrogens (tertiary/aromatic N) is 1. The Morgan fingerprint density at radius 3 is 2.50 bits per heavy atom. The van der Waals surface area contributed by atoms with Gasteiger partial charge in [-0.05, 0) is 23.6 Å². The number of rotatable bonds is 3. The molecule has 0 radical (unpaired) electrons. The van der Waals surface area contributed by atoms with Crippen LogP contribution in [0, 0.1) is 11.3 Å². The number of hydrogen-bond donors (Lipinski definition) is 2. The first-order valence-corrected chi connectivity index (χ1v) is 7.38. The SMILES string of the molecule is N#C/C(=C\c1ccccc1O)C(=O)Nc1cccc2ccccc12. The Bertz CT molecular complexity index is 979.